The van der Waals surface area contributed by atoms with E-state index < -0.39 is 5.60 Å². The van der Waals surface area contributed by atoms with E-state index in [-0.39, 0.29) is 23.9 Å². The van der Waals surface area contributed by atoms with E-state index in [1.807, 2.05) is 12.1 Å². The van der Waals surface area contributed by atoms with Crippen LogP contribution in [0.5, 0.6) is 0 Å². The van der Waals surface area contributed by atoms with E-state index in [0.29, 0.717) is 17.0 Å². The van der Waals surface area contributed by atoms with Crippen molar-refractivity contribution in [3.8, 4) is 0 Å². The van der Waals surface area contributed by atoms with Crippen molar-refractivity contribution in [2.45, 2.75) is 58.6 Å². The average Bonchev–Trinajstić information content (AvgIpc) is 2.57. The van der Waals surface area contributed by atoms with Crippen molar-refractivity contribution >= 4 is 22.4 Å². The molecule has 2 N–H and O–H groups in total. The number of benzene rings is 1. The lowest BCUT2D eigenvalue weighted by molar-refractivity contribution is -0.121. The number of pyridine rings is 1. The molecule has 5 heteroatoms. The number of aromatic nitrogens is 1. The Hall–Kier alpha value is -2.14. The summed E-state index contributed by atoms with van der Waals surface area (Å²) in [6, 6.07) is 7.22. The first-order valence-electron chi connectivity index (χ1n) is 9.40. The predicted molar refractivity (Wildman–Crippen MR) is 104 cm³/mol. The van der Waals surface area contributed by atoms with Gasteiger partial charge in [0.1, 0.15) is 0 Å². The Labute approximate surface area is 154 Å². The van der Waals surface area contributed by atoms with Crippen molar-refractivity contribution in [1.82, 2.24) is 4.57 Å². The molecule has 0 bridgehead atoms. The predicted octanol–water partition coefficient (Wildman–Crippen LogP) is 3.54. The van der Waals surface area contributed by atoms with Crippen molar-refractivity contribution in [2.75, 3.05) is 5.32 Å². The Morgan fingerprint density at radius 2 is 1.88 bits per heavy atom. The van der Waals surface area contributed by atoms with Crippen LogP contribution in [0.3, 0.4) is 0 Å². The highest BCUT2D eigenvalue weighted by Gasteiger charge is 2.24. The standard InChI is InChI=1S/C21H28N2O3/c1-14-7-9-15(10-8-14)19(24)22-18-6-4-5-17-16(18)11-12-23(20(17)25)13-21(2,3)26/h4-6,11-12,14-15,26H,7-10,13H2,1-3H3,(H,22,24). The van der Waals surface area contributed by atoms with E-state index in [4.69, 9.17) is 0 Å². The second-order valence-electron chi connectivity index (χ2n) is 8.27. The highest BCUT2D eigenvalue weighted by atomic mass is 16.3. The van der Waals surface area contributed by atoms with E-state index >= 15 is 0 Å². The third-order valence-electron chi connectivity index (χ3n) is 5.22. The first-order valence-corrected chi connectivity index (χ1v) is 9.40. The minimum absolute atomic E-state index is 0.0464. The maximum absolute atomic E-state index is 12.7. The number of rotatable bonds is 4. The van der Waals surface area contributed by atoms with Crippen LogP contribution < -0.4 is 10.9 Å². The first-order chi connectivity index (χ1) is 12.2. The van der Waals surface area contributed by atoms with Gasteiger partial charge in [-0.05, 0) is 63.6 Å². The van der Waals surface area contributed by atoms with E-state index in [1.54, 1.807) is 32.2 Å². The molecule has 1 saturated carbocycles. The SMILES string of the molecule is CC1CCC(C(=O)Nc2cccc3c(=O)n(CC(C)(C)O)ccc23)CC1. The highest BCUT2D eigenvalue weighted by Crippen LogP contribution is 2.30. The zero-order valence-electron chi connectivity index (χ0n) is 15.8. The third-order valence-corrected chi connectivity index (χ3v) is 5.22. The smallest absolute Gasteiger partial charge is 0.258 e. The fraction of sp³-hybridized carbons (Fsp3) is 0.524. The van der Waals surface area contributed by atoms with Crippen LogP contribution in [0.15, 0.2) is 35.3 Å². The van der Waals surface area contributed by atoms with Gasteiger partial charge in [-0.1, -0.05) is 13.0 Å². The van der Waals surface area contributed by atoms with Crippen LogP contribution in [0.4, 0.5) is 5.69 Å². The van der Waals surface area contributed by atoms with Crippen molar-refractivity contribution in [2.24, 2.45) is 11.8 Å². The molecule has 1 aromatic heterocycles. The topological polar surface area (TPSA) is 71.3 Å². The normalized spacial score (nSPS) is 20.9. The van der Waals surface area contributed by atoms with Crippen LogP contribution in [0, 0.1) is 11.8 Å². The van der Waals surface area contributed by atoms with Crippen molar-refractivity contribution in [3.05, 3.63) is 40.8 Å². The van der Waals surface area contributed by atoms with Crippen LogP contribution in [-0.4, -0.2) is 21.2 Å². The van der Waals surface area contributed by atoms with Gasteiger partial charge in [-0.3, -0.25) is 9.59 Å². The van der Waals surface area contributed by atoms with Gasteiger partial charge in [-0.25, -0.2) is 0 Å². The molecule has 5 nitrogen and oxygen atoms in total. The summed E-state index contributed by atoms with van der Waals surface area (Å²) in [6.45, 7) is 5.80. The van der Waals surface area contributed by atoms with E-state index in [9.17, 15) is 14.7 Å². The maximum atomic E-state index is 12.7. The van der Waals surface area contributed by atoms with Gasteiger partial charge in [0.15, 0.2) is 0 Å². The molecule has 1 aliphatic carbocycles. The molecule has 26 heavy (non-hydrogen) atoms. The minimum atomic E-state index is -0.971. The number of carbonyl (C=O) groups excluding carboxylic acids is 1. The number of hydrogen-bond donors (Lipinski definition) is 2. The largest absolute Gasteiger partial charge is 0.389 e. The number of nitrogens with one attached hydrogen (secondary N) is 1. The lowest BCUT2D eigenvalue weighted by atomic mass is 9.82. The number of amides is 1. The first kappa shape index (κ1) is 18.6. The molecule has 0 saturated heterocycles. The van der Waals surface area contributed by atoms with Gasteiger partial charge in [-0.15, -0.1) is 0 Å². The van der Waals surface area contributed by atoms with Gasteiger partial charge in [0.25, 0.3) is 5.56 Å². The Morgan fingerprint density at radius 3 is 2.54 bits per heavy atom. The second kappa shape index (κ2) is 7.23. The van der Waals surface area contributed by atoms with E-state index in [2.05, 4.69) is 12.2 Å². The molecule has 1 aliphatic rings. The molecule has 0 radical (unpaired) electrons. The molecular formula is C21H28N2O3. The Morgan fingerprint density at radius 1 is 1.19 bits per heavy atom. The van der Waals surface area contributed by atoms with Crippen molar-refractivity contribution in [3.63, 3.8) is 0 Å². The number of nitrogens with zero attached hydrogens (tertiary/aromatic N) is 1. The lowest BCUT2D eigenvalue weighted by Crippen LogP contribution is -2.32. The van der Waals surface area contributed by atoms with Gasteiger partial charge >= 0.3 is 0 Å². The molecule has 1 amide bonds. The molecule has 140 valence electrons. The Kier molecular flexibility index (Phi) is 5.19. The van der Waals surface area contributed by atoms with Gasteiger partial charge in [-0.2, -0.15) is 0 Å². The van der Waals surface area contributed by atoms with Gasteiger partial charge in [0.05, 0.1) is 12.1 Å². The number of fused-ring (bicyclic) bond motifs is 1. The Bertz CT molecular complexity index is 856. The zero-order chi connectivity index (χ0) is 18.9. The van der Waals surface area contributed by atoms with Gasteiger partial charge < -0.3 is 15.0 Å². The average molecular weight is 356 g/mol. The number of carbonyl (C=O) groups is 1. The summed E-state index contributed by atoms with van der Waals surface area (Å²) in [5.41, 5.74) is -0.451. The molecule has 1 aromatic carbocycles. The number of aliphatic hydroxyl groups is 1. The summed E-state index contributed by atoms with van der Waals surface area (Å²) in [7, 11) is 0. The molecule has 0 unspecified atom stereocenters. The fourth-order valence-electron chi connectivity index (χ4n) is 3.73. The van der Waals surface area contributed by atoms with Gasteiger partial charge in [0, 0.05) is 28.6 Å². The molecule has 2 aromatic rings. The molecule has 0 spiro atoms. The minimum Gasteiger partial charge on any atom is -0.389 e. The van der Waals surface area contributed by atoms with Crippen LogP contribution in [-0.2, 0) is 11.3 Å². The van der Waals surface area contributed by atoms with E-state index in [0.717, 1.165) is 31.1 Å². The molecule has 0 atom stereocenters. The summed E-state index contributed by atoms with van der Waals surface area (Å²) in [4.78, 5) is 25.4. The molecular weight excluding hydrogens is 328 g/mol. The number of anilines is 1. The maximum Gasteiger partial charge on any atom is 0.258 e. The molecule has 1 heterocycles. The highest BCUT2D eigenvalue weighted by molar-refractivity contribution is 6.02. The lowest BCUT2D eigenvalue weighted by Gasteiger charge is -2.25. The summed E-state index contributed by atoms with van der Waals surface area (Å²) in [5.74, 6) is 0.799. The van der Waals surface area contributed by atoms with Gasteiger partial charge in [0.2, 0.25) is 5.91 Å². The van der Waals surface area contributed by atoms with E-state index in [1.165, 1.54) is 4.57 Å². The van der Waals surface area contributed by atoms with Crippen LogP contribution in [0.2, 0.25) is 0 Å². The quantitative estimate of drug-likeness (QED) is 0.880. The summed E-state index contributed by atoms with van der Waals surface area (Å²) in [5, 5.41) is 14.3. The molecule has 0 aliphatic heterocycles. The van der Waals surface area contributed by atoms with Crippen LogP contribution in [0.1, 0.15) is 46.5 Å². The molecule has 1 fully saturated rings. The fourth-order valence-corrected chi connectivity index (χ4v) is 3.73. The Balaban J connectivity index is 1.87. The second-order valence-corrected chi connectivity index (χ2v) is 8.27. The zero-order valence-corrected chi connectivity index (χ0v) is 15.8. The monoisotopic (exact) mass is 356 g/mol. The summed E-state index contributed by atoms with van der Waals surface area (Å²) < 4.78 is 1.51. The van der Waals surface area contributed by atoms with Crippen molar-refractivity contribution in [1.29, 1.82) is 0 Å². The molecule has 3 rings (SSSR count). The van der Waals surface area contributed by atoms with Crippen LogP contribution >= 0.6 is 0 Å². The number of hydrogen-bond acceptors (Lipinski definition) is 3. The van der Waals surface area contributed by atoms with Crippen LogP contribution in [0.25, 0.3) is 10.8 Å². The third kappa shape index (κ3) is 4.15. The summed E-state index contributed by atoms with van der Waals surface area (Å²) in [6.07, 6.45) is 5.72. The van der Waals surface area contributed by atoms with Crippen molar-refractivity contribution < 1.29 is 9.90 Å². The summed E-state index contributed by atoms with van der Waals surface area (Å²) >= 11 is 0.